The van der Waals surface area contributed by atoms with Gasteiger partial charge in [-0.05, 0) is 7.18 Å². The van der Waals surface area contributed by atoms with Gasteiger partial charge in [0.1, 0.15) is 5.34 Å². The van der Waals surface area contributed by atoms with Crippen LogP contribution < -0.4 is 0 Å². The molecule has 0 rings (SSSR count). The molecule has 0 radical (unpaired) electrons. The summed E-state index contributed by atoms with van der Waals surface area (Å²) in [6, 6.07) is 0. The van der Waals surface area contributed by atoms with E-state index < -0.39 is 0 Å². The second-order valence-electron chi connectivity index (χ2n) is 1.02. The minimum absolute atomic E-state index is 0.155. The van der Waals surface area contributed by atoms with E-state index in [9.17, 15) is 4.91 Å². The second kappa shape index (κ2) is 5.01. The molecule has 0 aliphatic carbocycles. The van der Waals surface area contributed by atoms with Crippen molar-refractivity contribution in [3.05, 3.63) is 4.91 Å². The van der Waals surface area contributed by atoms with Gasteiger partial charge < -0.3 is 4.76 Å². The highest BCUT2D eigenvalue weighted by molar-refractivity contribution is 8.59. The predicted octanol–water partition coefficient (Wildman–Crippen LogP) is 1.61. The molecule has 0 aliphatic heterocycles. The molecule has 8 heavy (non-hydrogen) atoms. The summed E-state index contributed by atoms with van der Waals surface area (Å²) in [5, 5.41) is 2.28. The first-order valence-corrected chi connectivity index (χ1v) is 7.02. The fourth-order valence-corrected chi connectivity index (χ4v) is 0.622. The summed E-state index contributed by atoms with van der Waals surface area (Å²) in [5.41, 5.74) is 0. The van der Waals surface area contributed by atoms with Crippen molar-refractivity contribution >= 4 is 40.5 Å². The number of nitrogens with zero attached hydrogens (tertiary/aromatic N) is 1. The summed E-state index contributed by atoms with van der Waals surface area (Å²) in [7, 11) is 7.04. The van der Waals surface area contributed by atoms with Crippen molar-refractivity contribution in [3.63, 3.8) is 0 Å². The van der Waals surface area contributed by atoms with Crippen LogP contribution in [0.15, 0.2) is 5.34 Å². The van der Waals surface area contributed by atoms with E-state index in [1.807, 2.05) is 0 Å². The highest BCUT2D eigenvalue weighted by Gasteiger charge is 2.15. The van der Waals surface area contributed by atoms with Crippen LogP contribution in [0.2, 0.25) is 0 Å². The standard InChI is InChI=1S/BH6NO2P4/c3-2-4-1(5)8(6)7/h5-7H2. The topological polar surface area (TPSA) is 38.7 Å². The van der Waals surface area contributed by atoms with Crippen LogP contribution in [-0.4, -0.2) is 6.35 Å². The van der Waals surface area contributed by atoms with Gasteiger partial charge in [-0.2, -0.15) is 0 Å². The van der Waals surface area contributed by atoms with Crippen LogP contribution in [0.5, 0.6) is 0 Å². The Hall–Kier alpha value is 1.18. The van der Waals surface area contributed by atoms with Crippen LogP contribution in [0.3, 0.4) is 0 Å². The zero-order chi connectivity index (χ0) is 6.57. The van der Waals surface area contributed by atoms with E-state index in [2.05, 4.69) is 37.1 Å². The molecule has 0 spiro atoms. The molecule has 0 saturated heterocycles. The highest BCUT2D eigenvalue weighted by atomic mass is 32.4. The van der Waals surface area contributed by atoms with Gasteiger partial charge in [0, 0.05) is 0 Å². The van der Waals surface area contributed by atoms with Gasteiger partial charge in [-0.1, -0.05) is 0 Å². The molecule has 0 aromatic heterocycles. The van der Waals surface area contributed by atoms with Crippen LogP contribution in [0.1, 0.15) is 0 Å². The maximum absolute atomic E-state index is 9.43. The van der Waals surface area contributed by atoms with Crippen LogP contribution >= 0.6 is 34.2 Å². The zero-order valence-electron chi connectivity index (χ0n) is 4.02. The van der Waals surface area contributed by atoms with Gasteiger partial charge in [0.05, 0.1) is 0 Å². The molecule has 0 N–H and O–H groups in total. The van der Waals surface area contributed by atoms with Crippen LogP contribution in [0.25, 0.3) is 0 Å². The van der Waals surface area contributed by atoms with E-state index in [1.54, 1.807) is 0 Å². The summed E-state index contributed by atoms with van der Waals surface area (Å²) in [4.78, 5) is 9.43. The largest absolute Gasteiger partial charge is 0.450 e. The SMILES string of the molecule is O=NOB(P)P(P)P. The van der Waals surface area contributed by atoms with Crippen molar-refractivity contribution in [1.29, 1.82) is 0 Å². The summed E-state index contributed by atoms with van der Waals surface area (Å²) in [6.07, 6.45) is -0.155. The number of hydrogen-bond donors (Lipinski definition) is 0. The summed E-state index contributed by atoms with van der Waals surface area (Å²) in [5.74, 6) is 0. The Kier molecular flexibility index (Phi) is 5.75. The van der Waals surface area contributed by atoms with Gasteiger partial charge in [0.2, 0.25) is 0 Å². The fourth-order valence-electron chi connectivity index (χ4n) is 0.0985. The number of hydrogen-bond acceptors (Lipinski definition) is 3. The first kappa shape index (κ1) is 9.18. The lowest BCUT2D eigenvalue weighted by Crippen LogP contribution is -1.95. The van der Waals surface area contributed by atoms with Gasteiger partial charge in [-0.15, -0.1) is 31.9 Å². The third-order valence-electron chi connectivity index (χ3n) is 0.445. The molecule has 0 aromatic carbocycles. The molecule has 46 valence electrons. The average Bonchev–Trinajstić information content (AvgIpc) is 1.67. The molecule has 3 unspecified atom stereocenters. The molecule has 0 heterocycles. The van der Waals surface area contributed by atoms with Gasteiger partial charge in [0.15, 0.2) is 0 Å². The Morgan fingerprint density at radius 3 is 2.25 bits per heavy atom. The van der Waals surface area contributed by atoms with Crippen molar-refractivity contribution in [1.82, 2.24) is 0 Å². The van der Waals surface area contributed by atoms with Crippen molar-refractivity contribution < 1.29 is 4.76 Å². The molecule has 0 aromatic rings. The van der Waals surface area contributed by atoms with Gasteiger partial charge in [0.25, 0.3) is 0 Å². The molecule has 0 saturated carbocycles. The Labute approximate surface area is 56.2 Å². The number of rotatable bonds is 3. The molecule has 3 atom stereocenters. The lowest BCUT2D eigenvalue weighted by molar-refractivity contribution is 0.362. The maximum Gasteiger partial charge on any atom is 0.450 e. The molecule has 0 bridgehead atoms. The van der Waals surface area contributed by atoms with Gasteiger partial charge in [-0.25, -0.2) is 0 Å². The van der Waals surface area contributed by atoms with Gasteiger partial charge >= 0.3 is 6.35 Å². The van der Waals surface area contributed by atoms with E-state index in [-0.39, 0.29) is 13.5 Å². The van der Waals surface area contributed by atoms with E-state index >= 15 is 0 Å². The van der Waals surface area contributed by atoms with E-state index in [0.29, 0.717) is 0 Å². The van der Waals surface area contributed by atoms with Crippen molar-refractivity contribution in [3.8, 4) is 0 Å². The fraction of sp³-hybridized carbons (Fsp3) is 0. The minimum Gasteiger partial charge on any atom is -0.427 e. The van der Waals surface area contributed by atoms with Crippen molar-refractivity contribution in [2.45, 2.75) is 0 Å². The monoisotopic (exact) mass is 187 g/mol. The molecular formula is H6BNO2P4. The van der Waals surface area contributed by atoms with Crippen molar-refractivity contribution in [2.75, 3.05) is 0 Å². The Morgan fingerprint density at radius 1 is 1.62 bits per heavy atom. The second-order valence-corrected chi connectivity index (χ2v) is 8.95. The Balaban J connectivity index is 3.30. The summed E-state index contributed by atoms with van der Waals surface area (Å²) < 4.78 is 4.32. The third kappa shape index (κ3) is 4.10. The summed E-state index contributed by atoms with van der Waals surface area (Å²) >= 11 is 0. The van der Waals surface area contributed by atoms with E-state index in [0.717, 1.165) is 0 Å². The zero-order valence-corrected chi connectivity index (χ0v) is 8.38. The normalized spacial score (nSPS) is 9.00. The maximum atomic E-state index is 9.43. The first-order chi connectivity index (χ1) is 3.68. The molecule has 0 aliphatic rings. The van der Waals surface area contributed by atoms with Crippen LogP contribution in [0, 0.1) is 4.91 Å². The lowest BCUT2D eigenvalue weighted by Gasteiger charge is -2.04. The molecule has 3 nitrogen and oxygen atoms in total. The smallest absolute Gasteiger partial charge is 0.427 e. The van der Waals surface area contributed by atoms with Crippen molar-refractivity contribution in [2.24, 2.45) is 5.34 Å². The van der Waals surface area contributed by atoms with E-state index in [4.69, 9.17) is 0 Å². The third-order valence-corrected chi connectivity index (χ3v) is 6.11. The first-order valence-electron chi connectivity index (χ1n) is 1.71. The molecular weight excluding hydrogens is 181 g/mol. The molecule has 8 heteroatoms. The minimum atomic E-state index is -0.387. The Bertz CT molecular complexity index is 76.4. The molecule has 0 fully saturated rings. The van der Waals surface area contributed by atoms with Gasteiger partial charge in [-0.3, -0.25) is 0 Å². The summed E-state index contributed by atoms with van der Waals surface area (Å²) in [6.45, 7) is 0. The van der Waals surface area contributed by atoms with E-state index in [1.165, 1.54) is 0 Å². The quantitative estimate of drug-likeness (QED) is 0.291. The highest BCUT2D eigenvalue weighted by Crippen LogP contribution is 2.57. The molecule has 0 amide bonds. The van der Waals surface area contributed by atoms with Crippen LogP contribution in [0.4, 0.5) is 0 Å². The predicted molar refractivity (Wildman–Crippen MR) is 48.7 cm³/mol. The van der Waals surface area contributed by atoms with Crippen LogP contribution in [-0.2, 0) is 4.76 Å². The Morgan fingerprint density at radius 2 is 2.12 bits per heavy atom. The lowest BCUT2D eigenvalue weighted by atomic mass is 10.5. The average molecular weight is 187 g/mol.